The number of nitrogens with one attached hydrogen (secondary N) is 1. The summed E-state index contributed by atoms with van der Waals surface area (Å²) >= 11 is 9.53. The lowest BCUT2D eigenvalue weighted by molar-refractivity contribution is 0.317. The van der Waals surface area contributed by atoms with Crippen LogP contribution in [0.5, 0.6) is 0 Å². The van der Waals surface area contributed by atoms with Crippen LogP contribution in [0.15, 0.2) is 22.7 Å². The quantitative estimate of drug-likeness (QED) is 0.778. The molecule has 0 aliphatic heterocycles. The fourth-order valence-electron chi connectivity index (χ4n) is 2.69. The minimum Gasteiger partial charge on any atom is -0.381 e. The highest BCUT2D eigenvalue weighted by atomic mass is 79.9. The number of rotatable bonds is 3. The van der Waals surface area contributed by atoms with E-state index in [2.05, 4.69) is 34.2 Å². The van der Waals surface area contributed by atoms with E-state index in [0.717, 1.165) is 15.4 Å². The molecule has 1 saturated carbocycles. The maximum absolute atomic E-state index is 5.96. The van der Waals surface area contributed by atoms with Crippen LogP contribution < -0.4 is 5.32 Å². The molecule has 1 nitrogen and oxygen atoms in total. The normalized spacial score (nSPS) is 24.6. The van der Waals surface area contributed by atoms with Crippen LogP contribution in [0.25, 0.3) is 0 Å². The van der Waals surface area contributed by atoms with Crippen molar-refractivity contribution in [1.29, 1.82) is 0 Å². The smallest absolute Gasteiger partial charge is 0.0487 e. The second kappa shape index (κ2) is 6.10. The minimum absolute atomic E-state index is 0.617. The maximum Gasteiger partial charge on any atom is 0.0487 e. The summed E-state index contributed by atoms with van der Waals surface area (Å²) in [6.45, 7) is 2.29. The van der Waals surface area contributed by atoms with Crippen LogP contribution in [0.1, 0.15) is 39.0 Å². The van der Waals surface area contributed by atoms with Gasteiger partial charge in [0.15, 0.2) is 0 Å². The Labute approximate surface area is 117 Å². The summed E-state index contributed by atoms with van der Waals surface area (Å²) in [5.74, 6) is 0.811. The Hall–Kier alpha value is -0.210. The van der Waals surface area contributed by atoms with E-state index in [4.69, 9.17) is 11.6 Å². The molecule has 0 bridgehead atoms. The summed E-state index contributed by atoms with van der Waals surface area (Å²) in [5.41, 5.74) is 1.17. The fourth-order valence-corrected chi connectivity index (χ4v) is 3.49. The molecule has 17 heavy (non-hydrogen) atoms. The second-order valence-corrected chi connectivity index (χ2v) is 6.12. The summed E-state index contributed by atoms with van der Waals surface area (Å²) in [5, 5.41) is 4.45. The van der Waals surface area contributed by atoms with Gasteiger partial charge in [-0.15, -0.1) is 0 Å². The third kappa shape index (κ3) is 3.38. The van der Waals surface area contributed by atoms with Gasteiger partial charge < -0.3 is 5.32 Å². The molecule has 3 heteroatoms. The van der Waals surface area contributed by atoms with Crippen molar-refractivity contribution in [3.63, 3.8) is 0 Å². The van der Waals surface area contributed by atoms with Gasteiger partial charge in [-0.3, -0.25) is 0 Å². The van der Waals surface area contributed by atoms with Gasteiger partial charge in [-0.05, 0) is 52.9 Å². The van der Waals surface area contributed by atoms with E-state index in [1.807, 2.05) is 12.1 Å². The number of hydrogen-bond acceptors (Lipinski definition) is 1. The Bertz CT molecular complexity index is 380. The van der Waals surface area contributed by atoms with Gasteiger partial charge >= 0.3 is 0 Å². The van der Waals surface area contributed by atoms with Crippen LogP contribution in [-0.2, 0) is 0 Å². The molecule has 1 aliphatic carbocycles. The molecule has 0 saturated heterocycles. The molecule has 1 aromatic rings. The van der Waals surface area contributed by atoms with Crippen LogP contribution in [-0.4, -0.2) is 6.04 Å². The third-order valence-electron chi connectivity index (χ3n) is 3.71. The van der Waals surface area contributed by atoms with Gasteiger partial charge in [0.2, 0.25) is 0 Å². The zero-order chi connectivity index (χ0) is 12.3. The van der Waals surface area contributed by atoms with E-state index >= 15 is 0 Å². The average molecular weight is 317 g/mol. The zero-order valence-electron chi connectivity index (χ0n) is 10.2. The van der Waals surface area contributed by atoms with E-state index < -0.39 is 0 Å². The molecule has 1 aromatic carbocycles. The van der Waals surface area contributed by atoms with Crippen LogP contribution in [0, 0.1) is 5.92 Å². The lowest BCUT2D eigenvalue weighted by atomic mass is 9.83. The molecule has 2 rings (SSSR count). The van der Waals surface area contributed by atoms with Crippen molar-refractivity contribution in [2.75, 3.05) is 5.32 Å². The Morgan fingerprint density at radius 1 is 1.35 bits per heavy atom. The monoisotopic (exact) mass is 315 g/mol. The van der Waals surface area contributed by atoms with E-state index in [9.17, 15) is 0 Å². The van der Waals surface area contributed by atoms with Crippen molar-refractivity contribution in [3.8, 4) is 0 Å². The summed E-state index contributed by atoms with van der Waals surface area (Å²) in [7, 11) is 0. The Kier molecular flexibility index (Phi) is 4.75. The lowest BCUT2D eigenvalue weighted by Crippen LogP contribution is -2.31. The third-order valence-corrected chi connectivity index (χ3v) is 4.60. The Balaban J connectivity index is 2.08. The van der Waals surface area contributed by atoms with Gasteiger partial charge in [0.25, 0.3) is 0 Å². The van der Waals surface area contributed by atoms with Gasteiger partial charge in [-0.1, -0.05) is 37.8 Å². The molecule has 2 unspecified atom stereocenters. The number of hydrogen-bond donors (Lipinski definition) is 1. The molecule has 1 N–H and O–H groups in total. The first-order chi connectivity index (χ1) is 8.20. The van der Waals surface area contributed by atoms with Crippen molar-refractivity contribution < 1.29 is 0 Å². The van der Waals surface area contributed by atoms with Gasteiger partial charge in [-0.2, -0.15) is 0 Å². The SMILES string of the molecule is CCC1CCCCC1Nc1ccc(Cl)cc1Br. The molecule has 2 atom stereocenters. The largest absolute Gasteiger partial charge is 0.381 e. The van der Waals surface area contributed by atoms with Crippen LogP contribution in [0.3, 0.4) is 0 Å². The van der Waals surface area contributed by atoms with Gasteiger partial charge in [0, 0.05) is 21.2 Å². The standard InChI is InChI=1S/C14H19BrClN/c1-2-10-5-3-4-6-13(10)17-14-8-7-11(16)9-12(14)15/h7-10,13,17H,2-6H2,1H3. The van der Waals surface area contributed by atoms with Gasteiger partial charge in [-0.25, -0.2) is 0 Å². The lowest BCUT2D eigenvalue weighted by Gasteiger charge is -2.32. The maximum atomic E-state index is 5.96. The molecule has 0 spiro atoms. The molecule has 0 radical (unpaired) electrons. The molecule has 0 heterocycles. The second-order valence-electron chi connectivity index (χ2n) is 4.83. The fraction of sp³-hybridized carbons (Fsp3) is 0.571. The van der Waals surface area contributed by atoms with Crippen LogP contribution >= 0.6 is 27.5 Å². The molecule has 94 valence electrons. The first-order valence-electron chi connectivity index (χ1n) is 6.42. The van der Waals surface area contributed by atoms with E-state index in [0.29, 0.717) is 6.04 Å². The van der Waals surface area contributed by atoms with Crippen molar-refractivity contribution in [2.45, 2.75) is 45.1 Å². The van der Waals surface area contributed by atoms with E-state index in [1.165, 1.54) is 37.8 Å². The first-order valence-corrected chi connectivity index (χ1v) is 7.59. The van der Waals surface area contributed by atoms with Crippen molar-refractivity contribution >= 4 is 33.2 Å². The van der Waals surface area contributed by atoms with Crippen LogP contribution in [0.4, 0.5) is 5.69 Å². The Morgan fingerprint density at radius 3 is 2.82 bits per heavy atom. The minimum atomic E-state index is 0.617. The molecular weight excluding hydrogens is 298 g/mol. The predicted octanol–water partition coefficient (Wildman–Crippen LogP) is 5.48. The summed E-state index contributed by atoms with van der Waals surface area (Å²) < 4.78 is 1.06. The number of benzene rings is 1. The van der Waals surface area contributed by atoms with E-state index in [1.54, 1.807) is 0 Å². The highest BCUT2D eigenvalue weighted by molar-refractivity contribution is 9.10. The van der Waals surface area contributed by atoms with Crippen molar-refractivity contribution in [3.05, 3.63) is 27.7 Å². The number of halogens is 2. The highest BCUT2D eigenvalue weighted by Gasteiger charge is 2.23. The molecular formula is C14H19BrClN. The molecule has 0 aromatic heterocycles. The first kappa shape index (κ1) is 13.2. The molecule has 1 aliphatic rings. The van der Waals surface area contributed by atoms with Crippen molar-refractivity contribution in [2.24, 2.45) is 5.92 Å². The van der Waals surface area contributed by atoms with Gasteiger partial charge in [0.05, 0.1) is 0 Å². The summed E-state index contributed by atoms with van der Waals surface area (Å²) in [4.78, 5) is 0. The predicted molar refractivity (Wildman–Crippen MR) is 78.8 cm³/mol. The highest BCUT2D eigenvalue weighted by Crippen LogP contribution is 2.32. The summed E-state index contributed by atoms with van der Waals surface area (Å²) in [6.07, 6.45) is 6.65. The zero-order valence-corrected chi connectivity index (χ0v) is 12.5. The Morgan fingerprint density at radius 2 is 2.12 bits per heavy atom. The van der Waals surface area contributed by atoms with Gasteiger partial charge in [0.1, 0.15) is 0 Å². The van der Waals surface area contributed by atoms with Crippen molar-refractivity contribution in [1.82, 2.24) is 0 Å². The molecule has 0 amide bonds. The number of anilines is 1. The van der Waals surface area contributed by atoms with E-state index in [-0.39, 0.29) is 0 Å². The average Bonchev–Trinajstić information content (AvgIpc) is 2.33. The van der Waals surface area contributed by atoms with Crippen LogP contribution in [0.2, 0.25) is 5.02 Å². The summed E-state index contributed by atoms with van der Waals surface area (Å²) in [6, 6.07) is 6.58. The topological polar surface area (TPSA) is 12.0 Å². The molecule has 1 fully saturated rings.